The molecule has 2 amide bonds. The molecule has 10 nitrogen and oxygen atoms in total. The third-order valence-corrected chi connectivity index (χ3v) is 5.91. The van der Waals surface area contributed by atoms with Crippen LogP contribution in [0.5, 0.6) is 0 Å². The van der Waals surface area contributed by atoms with Crippen molar-refractivity contribution in [2.75, 3.05) is 18.1 Å². The van der Waals surface area contributed by atoms with Crippen LogP contribution in [0.2, 0.25) is 0 Å². The maximum absolute atomic E-state index is 12.6. The van der Waals surface area contributed by atoms with Gasteiger partial charge in [-0.15, -0.1) is 5.10 Å². The van der Waals surface area contributed by atoms with Crippen molar-refractivity contribution in [3.8, 4) is 0 Å². The summed E-state index contributed by atoms with van der Waals surface area (Å²) in [5.74, 6) is -2.36. The molecular formula is C17H21N5O5S. The molecule has 0 unspecified atom stereocenters. The van der Waals surface area contributed by atoms with Gasteiger partial charge in [-0.2, -0.15) is 5.10 Å². The van der Waals surface area contributed by atoms with Gasteiger partial charge in [-0.25, -0.2) is 13.4 Å². The predicted molar refractivity (Wildman–Crippen MR) is 100 cm³/mol. The summed E-state index contributed by atoms with van der Waals surface area (Å²) in [6.45, 7) is 4.44. The first-order chi connectivity index (χ1) is 13.0. The highest BCUT2D eigenvalue weighted by molar-refractivity contribution is 7.91. The second-order valence-corrected chi connectivity index (χ2v) is 8.39. The minimum absolute atomic E-state index is 0.127. The van der Waals surface area contributed by atoms with E-state index < -0.39 is 27.1 Å². The second kappa shape index (κ2) is 7.98. The number of sulfone groups is 1. The van der Waals surface area contributed by atoms with Crippen LogP contribution in [0.4, 0.5) is 5.95 Å². The standard InChI is InChI=1S/C17H21N5O5S/c1-10-11(2)21-22-16(19-10)20-15(24)17(3,25)9-28(26,27)13-7-5-12(6-8-13)14(23)18-4/h5-8,25H,9H2,1-4H3,(H,18,23)(H,19,20,22,24)/t17-/m0/s1. The minimum atomic E-state index is -4.02. The summed E-state index contributed by atoms with van der Waals surface area (Å²) in [5.41, 5.74) is -0.855. The van der Waals surface area contributed by atoms with Gasteiger partial charge in [-0.3, -0.25) is 14.9 Å². The first-order valence-electron chi connectivity index (χ1n) is 8.23. The van der Waals surface area contributed by atoms with Gasteiger partial charge in [0.15, 0.2) is 15.4 Å². The lowest BCUT2D eigenvalue weighted by Gasteiger charge is -2.21. The van der Waals surface area contributed by atoms with E-state index in [2.05, 4.69) is 25.8 Å². The minimum Gasteiger partial charge on any atom is -0.379 e. The number of anilines is 1. The number of carbonyl (C=O) groups is 2. The van der Waals surface area contributed by atoms with Gasteiger partial charge < -0.3 is 10.4 Å². The molecule has 0 spiro atoms. The average molecular weight is 407 g/mol. The molecule has 1 atom stereocenters. The molecule has 0 saturated heterocycles. The monoisotopic (exact) mass is 407 g/mol. The summed E-state index contributed by atoms with van der Waals surface area (Å²) < 4.78 is 25.1. The SMILES string of the molecule is CNC(=O)c1ccc(S(=O)(=O)C[C@](C)(O)C(=O)Nc2nnc(C)c(C)n2)cc1. The molecule has 150 valence electrons. The van der Waals surface area contributed by atoms with Crippen LogP contribution in [0.1, 0.15) is 28.7 Å². The van der Waals surface area contributed by atoms with Gasteiger partial charge >= 0.3 is 0 Å². The molecule has 1 aromatic carbocycles. The summed E-state index contributed by atoms with van der Waals surface area (Å²) in [5, 5.41) is 22.6. The molecular weight excluding hydrogens is 386 g/mol. The topological polar surface area (TPSA) is 151 Å². The smallest absolute Gasteiger partial charge is 0.259 e. The zero-order valence-electron chi connectivity index (χ0n) is 15.8. The zero-order valence-corrected chi connectivity index (χ0v) is 16.7. The molecule has 28 heavy (non-hydrogen) atoms. The van der Waals surface area contributed by atoms with E-state index >= 15 is 0 Å². The maximum Gasteiger partial charge on any atom is 0.259 e. The van der Waals surface area contributed by atoms with E-state index in [1.54, 1.807) is 13.8 Å². The molecule has 1 aromatic heterocycles. The maximum atomic E-state index is 12.6. The number of nitrogens with one attached hydrogen (secondary N) is 2. The molecule has 1 heterocycles. The highest BCUT2D eigenvalue weighted by Crippen LogP contribution is 2.19. The Bertz CT molecular complexity index is 1000. The fraction of sp³-hybridized carbons (Fsp3) is 0.353. The summed E-state index contributed by atoms with van der Waals surface area (Å²) in [4.78, 5) is 27.8. The van der Waals surface area contributed by atoms with E-state index in [1.165, 1.54) is 31.3 Å². The van der Waals surface area contributed by atoms with E-state index in [1.807, 2.05) is 0 Å². The Morgan fingerprint density at radius 2 is 1.71 bits per heavy atom. The third-order valence-electron chi connectivity index (χ3n) is 3.98. The van der Waals surface area contributed by atoms with Gasteiger partial charge in [-0.1, -0.05) is 0 Å². The summed E-state index contributed by atoms with van der Waals surface area (Å²) in [6.07, 6.45) is 0. The highest BCUT2D eigenvalue weighted by atomic mass is 32.2. The molecule has 0 saturated carbocycles. The fourth-order valence-corrected chi connectivity index (χ4v) is 3.81. The third kappa shape index (κ3) is 4.87. The summed E-state index contributed by atoms with van der Waals surface area (Å²) in [7, 11) is -2.56. The van der Waals surface area contributed by atoms with Crippen molar-refractivity contribution in [3.05, 3.63) is 41.2 Å². The van der Waals surface area contributed by atoms with Crippen LogP contribution in [0.25, 0.3) is 0 Å². The van der Waals surface area contributed by atoms with E-state index in [0.29, 0.717) is 11.4 Å². The van der Waals surface area contributed by atoms with Gasteiger partial charge in [0, 0.05) is 12.6 Å². The number of hydrogen-bond acceptors (Lipinski definition) is 8. The van der Waals surface area contributed by atoms with E-state index in [0.717, 1.165) is 6.92 Å². The lowest BCUT2D eigenvalue weighted by atomic mass is 10.1. The Morgan fingerprint density at radius 3 is 2.25 bits per heavy atom. The molecule has 2 rings (SSSR count). The number of hydrogen-bond donors (Lipinski definition) is 3. The van der Waals surface area contributed by atoms with Gasteiger partial charge in [-0.05, 0) is 45.0 Å². The van der Waals surface area contributed by atoms with Crippen molar-refractivity contribution in [2.45, 2.75) is 31.3 Å². The molecule has 0 aliphatic carbocycles. The van der Waals surface area contributed by atoms with Crippen molar-refractivity contribution in [1.29, 1.82) is 0 Å². The molecule has 2 aromatic rings. The number of benzene rings is 1. The highest BCUT2D eigenvalue weighted by Gasteiger charge is 2.37. The molecule has 0 bridgehead atoms. The molecule has 0 fully saturated rings. The van der Waals surface area contributed by atoms with E-state index in [-0.39, 0.29) is 22.3 Å². The summed E-state index contributed by atoms with van der Waals surface area (Å²) >= 11 is 0. The first kappa shape index (κ1) is 21.4. The normalized spacial score (nSPS) is 13.5. The Hall–Kier alpha value is -2.92. The Labute approximate surface area is 162 Å². The number of aromatic nitrogens is 3. The van der Waals surface area contributed by atoms with Crippen molar-refractivity contribution in [3.63, 3.8) is 0 Å². The van der Waals surface area contributed by atoms with Crippen molar-refractivity contribution < 1.29 is 23.1 Å². The number of nitrogens with zero attached hydrogens (tertiary/aromatic N) is 3. The Balaban J connectivity index is 2.17. The first-order valence-corrected chi connectivity index (χ1v) is 9.88. The molecule has 0 aliphatic heterocycles. The summed E-state index contributed by atoms with van der Waals surface area (Å²) in [6, 6.07) is 5.17. The average Bonchev–Trinajstić information content (AvgIpc) is 2.63. The van der Waals surface area contributed by atoms with Crippen molar-refractivity contribution in [1.82, 2.24) is 20.5 Å². The largest absolute Gasteiger partial charge is 0.379 e. The molecule has 0 radical (unpaired) electrons. The van der Waals surface area contributed by atoms with Crippen LogP contribution < -0.4 is 10.6 Å². The van der Waals surface area contributed by atoms with Crippen LogP contribution in [0, 0.1) is 13.8 Å². The molecule has 11 heteroatoms. The van der Waals surface area contributed by atoms with Gasteiger partial charge in [0.1, 0.15) is 0 Å². The van der Waals surface area contributed by atoms with Crippen LogP contribution in [0.3, 0.4) is 0 Å². The van der Waals surface area contributed by atoms with Crippen molar-refractivity contribution >= 4 is 27.6 Å². The van der Waals surface area contributed by atoms with Crippen LogP contribution >= 0.6 is 0 Å². The zero-order chi connectivity index (χ0) is 21.1. The Kier molecular flexibility index (Phi) is 6.10. The number of carbonyl (C=O) groups excluding carboxylic acids is 2. The second-order valence-electron chi connectivity index (χ2n) is 6.40. The van der Waals surface area contributed by atoms with Gasteiger partial charge in [0.05, 0.1) is 22.0 Å². The quantitative estimate of drug-likeness (QED) is 0.606. The predicted octanol–water partition coefficient (Wildman–Crippen LogP) is 0.0114. The van der Waals surface area contributed by atoms with Crippen LogP contribution in [0.15, 0.2) is 29.2 Å². The van der Waals surface area contributed by atoms with Crippen LogP contribution in [-0.2, 0) is 14.6 Å². The lowest BCUT2D eigenvalue weighted by Crippen LogP contribution is -2.46. The van der Waals surface area contributed by atoms with E-state index in [9.17, 15) is 23.1 Å². The molecule has 0 aliphatic rings. The number of rotatable bonds is 6. The van der Waals surface area contributed by atoms with Gasteiger partial charge in [0.2, 0.25) is 5.95 Å². The van der Waals surface area contributed by atoms with Crippen LogP contribution in [-0.4, -0.2) is 58.9 Å². The number of amides is 2. The number of aliphatic hydroxyl groups is 1. The lowest BCUT2D eigenvalue weighted by molar-refractivity contribution is -0.130. The molecule has 3 N–H and O–H groups in total. The van der Waals surface area contributed by atoms with Gasteiger partial charge in [0.25, 0.3) is 11.8 Å². The fourth-order valence-electron chi connectivity index (χ4n) is 2.22. The van der Waals surface area contributed by atoms with Crippen molar-refractivity contribution in [2.24, 2.45) is 0 Å². The Morgan fingerprint density at radius 1 is 1.11 bits per heavy atom. The number of aryl methyl sites for hydroxylation is 2. The van der Waals surface area contributed by atoms with E-state index in [4.69, 9.17) is 0 Å².